The van der Waals surface area contributed by atoms with Gasteiger partial charge in [-0.1, -0.05) is 11.3 Å². The first-order chi connectivity index (χ1) is 21.6. The van der Waals surface area contributed by atoms with Crippen molar-refractivity contribution in [1.29, 1.82) is 0 Å². The predicted molar refractivity (Wildman–Crippen MR) is 156 cm³/mol. The summed E-state index contributed by atoms with van der Waals surface area (Å²) in [4.78, 5) is 17.5. The summed E-state index contributed by atoms with van der Waals surface area (Å²) >= 11 is 0.776. The van der Waals surface area contributed by atoms with E-state index in [-0.39, 0.29) is 61.9 Å². The van der Waals surface area contributed by atoms with Crippen molar-refractivity contribution in [2.24, 2.45) is 0 Å². The Morgan fingerprint density at radius 3 is 2.58 bits per heavy atom. The van der Waals surface area contributed by atoms with Gasteiger partial charge in [0.25, 0.3) is 0 Å². The van der Waals surface area contributed by atoms with Crippen molar-refractivity contribution in [2.75, 3.05) is 32.0 Å². The average molecular weight is 646 g/mol. The van der Waals surface area contributed by atoms with Gasteiger partial charge in [-0.25, -0.2) is 13.8 Å². The molecule has 45 heavy (non-hydrogen) atoms. The predicted octanol–water partition coefficient (Wildman–Crippen LogP) is 4.93. The van der Waals surface area contributed by atoms with E-state index in [1.165, 1.54) is 0 Å². The van der Waals surface area contributed by atoms with Crippen LogP contribution in [-0.2, 0) is 6.18 Å². The number of hydrogen-bond donors (Lipinski definition) is 2. The van der Waals surface area contributed by atoms with Crippen LogP contribution >= 0.6 is 11.3 Å². The van der Waals surface area contributed by atoms with Crippen LogP contribution in [0.2, 0.25) is 0 Å². The van der Waals surface area contributed by atoms with E-state index in [9.17, 15) is 17.6 Å². The summed E-state index contributed by atoms with van der Waals surface area (Å²) in [5.41, 5.74) is 2.75. The Labute approximate surface area is 257 Å². The first-order valence-electron chi connectivity index (χ1n) is 15.1. The first kappa shape index (κ1) is 27.9. The zero-order valence-electron chi connectivity index (χ0n) is 23.8. The number of anilines is 1. The second kappa shape index (κ2) is 9.56. The molecular weight excluding hydrogens is 617 g/mol. The van der Waals surface area contributed by atoms with Crippen LogP contribution in [0.25, 0.3) is 32.2 Å². The fraction of sp³-hybridized carbons (Fsp3) is 0.500. The van der Waals surface area contributed by atoms with E-state index in [4.69, 9.17) is 15.2 Å². The molecule has 15 heteroatoms. The number of nitrogens with zero attached hydrogens (tertiary/aromatic N) is 5. The third-order valence-corrected chi connectivity index (χ3v) is 11.2. The van der Waals surface area contributed by atoms with Gasteiger partial charge < -0.3 is 15.2 Å². The Morgan fingerprint density at radius 2 is 1.89 bits per heavy atom. The molecule has 4 bridgehead atoms. The molecule has 6 fully saturated rings. The van der Waals surface area contributed by atoms with Gasteiger partial charge in [0.15, 0.2) is 10.9 Å². The van der Waals surface area contributed by atoms with Gasteiger partial charge in [-0.3, -0.25) is 15.1 Å². The summed E-state index contributed by atoms with van der Waals surface area (Å²) in [6.45, 7) is 2.79. The van der Waals surface area contributed by atoms with Crippen molar-refractivity contribution in [3.05, 3.63) is 35.4 Å². The Kier molecular flexibility index (Phi) is 5.92. The van der Waals surface area contributed by atoms with Crippen molar-refractivity contribution in [3.63, 3.8) is 0 Å². The number of thiazole rings is 1. The van der Waals surface area contributed by atoms with E-state index in [1.807, 2.05) is 0 Å². The van der Waals surface area contributed by atoms with E-state index in [0.29, 0.717) is 18.8 Å². The van der Waals surface area contributed by atoms with E-state index >= 15 is 4.39 Å². The van der Waals surface area contributed by atoms with Crippen molar-refractivity contribution >= 4 is 37.6 Å². The van der Waals surface area contributed by atoms with Crippen LogP contribution in [0.5, 0.6) is 11.9 Å². The Balaban J connectivity index is 1.21. The third-order valence-electron chi connectivity index (χ3n) is 10.3. The second-order valence-corrected chi connectivity index (χ2v) is 13.8. The van der Waals surface area contributed by atoms with E-state index in [0.717, 1.165) is 74.7 Å². The number of nitrogens with one attached hydrogen (secondary N) is 1. The highest BCUT2D eigenvalue weighted by atomic mass is 32.1. The molecule has 8 heterocycles. The molecule has 0 radical (unpaired) electrons. The zero-order valence-corrected chi connectivity index (χ0v) is 24.6. The monoisotopic (exact) mass is 645 g/mol. The number of aromatic nitrogens is 3. The van der Waals surface area contributed by atoms with Crippen LogP contribution < -0.4 is 20.5 Å². The summed E-state index contributed by atoms with van der Waals surface area (Å²) in [6, 6.07) is 3.15. The van der Waals surface area contributed by atoms with Crippen molar-refractivity contribution in [1.82, 2.24) is 30.1 Å². The number of fused-ring (bicyclic) bond motifs is 4. The molecule has 5 unspecified atom stereocenters. The summed E-state index contributed by atoms with van der Waals surface area (Å²) < 4.78 is 87.9. The molecule has 0 aliphatic carbocycles. The second-order valence-electron chi connectivity index (χ2n) is 12.7. The molecule has 236 valence electrons. The molecule has 6 aliphatic heterocycles. The molecule has 0 amide bonds. The van der Waals surface area contributed by atoms with Gasteiger partial charge in [0.1, 0.15) is 24.0 Å². The number of nitrogen functional groups attached to an aromatic ring is 1. The largest absolute Gasteiger partial charge is 0.471 e. The van der Waals surface area contributed by atoms with Gasteiger partial charge in [0.05, 0.1) is 32.9 Å². The maximum atomic E-state index is 16.7. The summed E-state index contributed by atoms with van der Waals surface area (Å²) in [5, 5.41) is 3.19. The molecule has 2 aromatic carbocycles. The lowest BCUT2D eigenvalue weighted by molar-refractivity contribution is -0.137. The highest BCUT2D eigenvalue weighted by Gasteiger charge is 2.61. The van der Waals surface area contributed by atoms with Gasteiger partial charge in [-0.05, 0) is 63.4 Å². The minimum Gasteiger partial charge on any atom is -0.471 e. The lowest BCUT2D eigenvalue weighted by Crippen LogP contribution is -2.53. The van der Waals surface area contributed by atoms with E-state index in [1.54, 1.807) is 0 Å². The van der Waals surface area contributed by atoms with Crippen LogP contribution in [0, 0.1) is 11.6 Å². The smallest absolute Gasteiger partial charge is 0.417 e. The number of nitrogens with two attached hydrogens (primary N) is 1. The number of ether oxygens (including phenoxy) is 2. The summed E-state index contributed by atoms with van der Waals surface area (Å²) in [7, 11) is 0. The maximum absolute atomic E-state index is 16.7. The van der Waals surface area contributed by atoms with Crippen molar-refractivity contribution in [2.45, 2.75) is 68.2 Å². The number of halogens is 5. The summed E-state index contributed by atoms with van der Waals surface area (Å²) in [5.74, 6) is -2.14. The topological polar surface area (TPSA) is 101 Å². The molecule has 5 atom stereocenters. The molecule has 4 aromatic rings. The minimum atomic E-state index is -4.99. The Hall–Kier alpha value is -3.40. The first-order valence-corrected chi connectivity index (χ1v) is 15.9. The van der Waals surface area contributed by atoms with Crippen LogP contribution in [0.1, 0.15) is 37.7 Å². The summed E-state index contributed by atoms with van der Waals surface area (Å²) in [6.07, 6.45) is -0.273. The lowest BCUT2D eigenvalue weighted by Gasteiger charge is -2.34. The van der Waals surface area contributed by atoms with Crippen LogP contribution in [0.15, 0.2) is 18.2 Å². The van der Waals surface area contributed by atoms with Crippen LogP contribution in [0.4, 0.5) is 27.1 Å². The maximum Gasteiger partial charge on any atom is 0.417 e. The standard InChI is InChI=1S/C30H28F5N7O2S/c31-16-4-3-13(23-24(16)45-27(36)38-23)20-15(30(33,34)35)9-14-22(21(20)32)39-28(43-12-29-5-1-7-41(29)8-2-6-29)40-26(14)44-19-11-42-18-10-17(19)37-25(18)42/h3-4,9,17-19,25,37H,1-2,5-8,10-12H2,(H2,36,38). The van der Waals surface area contributed by atoms with Crippen molar-refractivity contribution < 1.29 is 31.4 Å². The Morgan fingerprint density at radius 1 is 1.09 bits per heavy atom. The molecular formula is C30H28F5N7O2S. The Bertz CT molecular complexity index is 1860. The van der Waals surface area contributed by atoms with Crippen LogP contribution in [0.3, 0.4) is 0 Å². The highest BCUT2D eigenvalue weighted by Crippen LogP contribution is 2.48. The highest BCUT2D eigenvalue weighted by molar-refractivity contribution is 7.22. The average Bonchev–Trinajstić information content (AvgIpc) is 3.49. The SMILES string of the molecule is Nc1nc2c(-c3c(C(F)(F)F)cc4c(OC5CN6C7CC5NC76)nc(OCC56CCCN5CCC6)nc4c3F)ccc(F)c2s1. The van der Waals surface area contributed by atoms with Crippen molar-refractivity contribution in [3.8, 4) is 23.0 Å². The van der Waals surface area contributed by atoms with E-state index < -0.39 is 35.0 Å². The minimum absolute atomic E-state index is 0.00219. The zero-order chi connectivity index (χ0) is 30.8. The molecule has 0 saturated carbocycles. The number of hydrogen-bond acceptors (Lipinski definition) is 10. The van der Waals surface area contributed by atoms with Gasteiger partial charge in [0.2, 0.25) is 5.88 Å². The fourth-order valence-corrected chi connectivity index (χ4v) is 8.89. The molecule has 10 rings (SSSR count). The lowest BCUT2D eigenvalue weighted by atomic mass is 9.95. The van der Waals surface area contributed by atoms with Gasteiger partial charge in [-0.2, -0.15) is 23.1 Å². The van der Waals surface area contributed by atoms with Gasteiger partial charge >= 0.3 is 12.2 Å². The van der Waals surface area contributed by atoms with Crippen LogP contribution in [-0.4, -0.2) is 80.9 Å². The normalized spacial score (nSPS) is 28.2. The third kappa shape index (κ3) is 4.23. The molecule has 9 nitrogen and oxygen atoms in total. The number of alkyl halides is 3. The molecule has 6 aliphatic rings. The van der Waals surface area contributed by atoms with Gasteiger partial charge in [0, 0.05) is 29.8 Å². The molecule has 3 N–H and O–H groups in total. The van der Waals surface area contributed by atoms with E-state index in [2.05, 4.69) is 30.1 Å². The quantitative estimate of drug-likeness (QED) is 0.224. The fourth-order valence-electron chi connectivity index (χ4n) is 8.13. The molecule has 0 spiro atoms. The molecule has 6 saturated heterocycles. The van der Waals surface area contributed by atoms with Gasteiger partial charge in [-0.15, -0.1) is 0 Å². The number of rotatable bonds is 6. The number of benzene rings is 2. The number of piperidine rings is 1. The molecule has 2 aromatic heterocycles.